The van der Waals surface area contributed by atoms with Crippen LogP contribution in [0.25, 0.3) is 0 Å². The molecule has 1 rings (SSSR count). The highest BCUT2D eigenvalue weighted by Gasteiger charge is 2.11. The van der Waals surface area contributed by atoms with E-state index in [1.165, 1.54) is 0 Å². The van der Waals surface area contributed by atoms with Crippen LogP contribution in [0.15, 0.2) is 12.1 Å². The summed E-state index contributed by atoms with van der Waals surface area (Å²) in [5.74, 6) is 3.86. The van der Waals surface area contributed by atoms with Gasteiger partial charge in [-0.05, 0) is 13.0 Å². The first-order valence-electron chi connectivity index (χ1n) is 5.36. The van der Waals surface area contributed by atoms with Gasteiger partial charge in [0, 0.05) is 23.2 Å². The molecule has 3 nitrogen and oxygen atoms in total. The molecule has 0 saturated heterocycles. The summed E-state index contributed by atoms with van der Waals surface area (Å²) in [6, 6.07) is 3.58. The second kappa shape index (κ2) is 7.05. The Bertz CT molecular complexity index is 413. The molecule has 0 amide bonds. The first-order valence-corrected chi connectivity index (χ1v) is 5.74. The van der Waals surface area contributed by atoms with Crippen molar-refractivity contribution in [1.82, 2.24) is 5.32 Å². The highest BCUT2D eigenvalue weighted by atomic mass is 35.5. The van der Waals surface area contributed by atoms with Gasteiger partial charge in [0.2, 0.25) is 0 Å². The second-order valence-electron chi connectivity index (χ2n) is 3.34. The number of rotatable bonds is 6. The minimum absolute atomic E-state index is 0.500. The van der Waals surface area contributed by atoms with Gasteiger partial charge in [0.05, 0.1) is 20.3 Å². The standard InChI is InChI=1S/C13H16ClNO2/c1-4-6-15-9-10-7-11(14)8-12(16-3)13(10)17-5-2/h1,7-8,15H,5-6,9H2,2-3H3. The number of hydrogen-bond donors (Lipinski definition) is 1. The maximum absolute atomic E-state index is 6.01. The van der Waals surface area contributed by atoms with Gasteiger partial charge in [-0.3, -0.25) is 0 Å². The number of hydrogen-bond acceptors (Lipinski definition) is 3. The molecule has 0 aliphatic heterocycles. The molecule has 1 aromatic carbocycles. The number of methoxy groups -OCH3 is 1. The predicted octanol–water partition coefficient (Wildman–Crippen LogP) is 2.47. The minimum Gasteiger partial charge on any atom is -0.493 e. The molecule has 0 radical (unpaired) electrons. The summed E-state index contributed by atoms with van der Waals surface area (Å²) in [6.07, 6.45) is 5.18. The van der Waals surface area contributed by atoms with Crippen LogP contribution in [-0.4, -0.2) is 20.3 Å². The van der Waals surface area contributed by atoms with Crippen LogP contribution in [0.3, 0.4) is 0 Å². The van der Waals surface area contributed by atoms with E-state index in [1.807, 2.05) is 13.0 Å². The zero-order chi connectivity index (χ0) is 12.7. The fraction of sp³-hybridized carbons (Fsp3) is 0.385. The van der Waals surface area contributed by atoms with Crippen LogP contribution in [-0.2, 0) is 6.54 Å². The van der Waals surface area contributed by atoms with E-state index in [1.54, 1.807) is 13.2 Å². The van der Waals surface area contributed by atoms with Crippen LogP contribution < -0.4 is 14.8 Å². The summed E-state index contributed by atoms with van der Waals surface area (Å²) in [6.45, 7) is 3.59. The third kappa shape index (κ3) is 3.85. The molecule has 1 aromatic rings. The molecule has 0 heterocycles. The molecule has 17 heavy (non-hydrogen) atoms. The van der Waals surface area contributed by atoms with Gasteiger partial charge >= 0.3 is 0 Å². The van der Waals surface area contributed by atoms with Crippen molar-refractivity contribution in [1.29, 1.82) is 0 Å². The number of benzene rings is 1. The molecule has 92 valence electrons. The van der Waals surface area contributed by atoms with E-state index in [0.717, 1.165) is 5.56 Å². The van der Waals surface area contributed by atoms with Crippen molar-refractivity contribution in [3.8, 4) is 23.8 Å². The van der Waals surface area contributed by atoms with E-state index >= 15 is 0 Å². The smallest absolute Gasteiger partial charge is 0.165 e. The lowest BCUT2D eigenvalue weighted by atomic mass is 10.2. The molecule has 0 atom stereocenters. The van der Waals surface area contributed by atoms with E-state index < -0.39 is 0 Å². The van der Waals surface area contributed by atoms with Crippen LogP contribution >= 0.6 is 11.6 Å². The van der Waals surface area contributed by atoms with Crippen molar-refractivity contribution in [3.05, 3.63) is 22.7 Å². The lowest BCUT2D eigenvalue weighted by Gasteiger charge is -2.14. The fourth-order valence-corrected chi connectivity index (χ4v) is 1.71. The molecule has 0 bridgehead atoms. The largest absolute Gasteiger partial charge is 0.493 e. The molecule has 0 aliphatic carbocycles. The molecule has 0 spiro atoms. The van der Waals surface area contributed by atoms with Gasteiger partial charge in [-0.25, -0.2) is 0 Å². The quantitative estimate of drug-likeness (QED) is 0.624. The van der Waals surface area contributed by atoms with Gasteiger partial charge in [-0.2, -0.15) is 0 Å². The van der Waals surface area contributed by atoms with E-state index in [-0.39, 0.29) is 0 Å². The SMILES string of the molecule is C#CCNCc1cc(Cl)cc(OC)c1OCC. The summed E-state index contributed by atoms with van der Waals surface area (Å²) >= 11 is 6.01. The molecular formula is C13H16ClNO2. The van der Waals surface area contributed by atoms with Crippen LogP contribution in [0.2, 0.25) is 5.02 Å². The van der Waals surface area contributed by atoms with Gasteiger partial charge < -0.3 is 14.8 Å². The number of ether oxygens (including phenoxy) is 2. The predicted molar refractivity (Wildman–Crippen MR) is 69.7 cm³/mol. The molecule has 0 saturated carbocycles. The minimum atomic E-state index is 0.500. The first-order chi connectivity index (χ1) is 8.22. The Labute approximate surface area is 107 Å². The Morgan fingerprint density at radius 3 is 2.82 bits per heavy atom. The fourth-order valence-electron chi connectivity index (χ4n) is 1.48. The third-order valence-electron chi connectivity index (χ3n) is 2.15. The average Bonchev–Trinajstić information content (AvgIpc) is 2.32. The Morgan fingerprint density at radius 2 is 2.24 bits per heavy atom. The van der Waals surface area contributed by atoms with Crippen LogP contribution in [0.1, 0.15) is 12.5 Å². The number of nitrogens with one attached hydrogen (secondary N) is 1. The summed E-state index contributed by atoms with van der Waals surface area (Å²) in [7, 11) is 1.59. The van der Waals surface area contributed by atoms with Gasteiger partial charge in [-0.15, -0.1) is 6.42 Å². The summed E-state index contributed by atoms with van der Waals surface area (Å²) < 4.78 is 10.8. The lowest BCUT2D eigenvalue weighted by Crippen LogP contribution is -2.14. The van der Waals surface area contributed by atoms with Gasteiger partial charge in [0.25, 0.3) is 0 Å². The molecule has 0 aromatic heterocycles. The van der Waals surface area contributed by atoms with Crippen LogP contribution in [0.5, 0.6) is 11.5 Å². The van der Waals surface area contributed by atoms with Crippen molar-refractivity contribution in [2.24, 2.45) is 0 Å². The second-order valence-corrected chi connectivity index (χ2v) is 3.77. The molecular weight excluding hydrogens is 238 g/mol. The topological polar surface area (TPSA) is 30.5 Å². The highest BCUT2D eigenvalue weighted by Crippen LogP contribution is 2.34. The van der Waals surface area contributed by atoms with E-state index in [2.05, 4.69) is 11.2 Å². The zero-order valence-electron chi connectivity index (χ0n) is 10.0. The summed E-state index contributed by atoms with van der Waals surface area (Å²) in [5.41, 5.74) is 0.937. The Hall–Kier alpha value is -1.37. The van der Waals surface area contributed by atoms with Gasteiger partial charge in [-0.1, -0.05) is 17.5 Å². The number of halogens is 1. The lowest BCUT2D eigenvalue weighted by molar-refractivity contribution is 0.307. The molecule has 0 aliphatic rings. The maximum atomic E-state index is 6.01. The normalized spacial score (nSPS) is 9.76. The highest BCUT2D eigenvalue weighted by molar-refractivity contribution is 6.30. The van der Waals surface area contributed by atoms with Crippen molar-refractivity contribution in [3.63, 3.8) is 0 Å². The monoisotopic (exact) mass is 253 g/mol. The Kier molecular flexibility index (Phi) is 5.68. The molecule has 1 N–H and O–H groups in total. The maximum Gasteiger partial charge on any atom is 0.165 e. The summed E-state index contributed by atoms with van der Waals surface area (Å²) in [4.78, 5) is 0. The van der Waals surface area contributed by atoms with E-state index in [0.29, 0.717) is 36.2 Å². The zero-order valence-corrected chi connectivity index (χ0v) is 10.8. The van der Waals surface area contributed by atoms with Crippen molar-refractivity contribution < 1.29 is 9.47 Å². The van der Waals surface area contributed by atoms with Gasteiger partial charge in [0.15, 0.2) is 11.5 Å². The molecule has 0 unspecified atom stereocenters. The van der Waals surface area contributed by atoms with Crippen LogP contribution in [0, 0.1) is 12.3 Å². The Morgan fingerprint density at radius 1 is 1.47 bits per heavy atom. The van der Waals surface area contributed by atoms with E-state index in [9.17, 15) is 0 Å². The molecule has 4 heteroatoms. The van der Waals surface area contributed by atoms with Gasteiger partial charge in [0.1, 0.15) is 0 Å². The third-order valence-corrected chi connectivity index (χ3v) is 2.37. The van der Waals surface area contributed by atoms with Crippen molar-refractivity contribution in [2.45, 2.75) is 13.5 Å². The first kappa shape index (κ1) is 13.7. The Balaban J connectivity index is 2.98. The number of terminal acetylenes is 1. The van der Waals surface area contributed by atoms with E-state index in [4.69, 9.17) is 27.5 Å². The summed E-state index contributed by atoms with van der Waals surface area (Å²) in [5, 5.41) is 3.71. The average molecular weight is 254 g/mol. The van der Waals surface area contributed by atoms with Crippen LogP contribution in [0.4, 0.5) is 0 Å². The van der Waals surface area contributed by atoms with Crippen molar-refractivity contribution >= 4 is 11.6 Å². The molecule has 0 fully saturated rings. The van der Waals surface area contributed by atoms with Crippen molar-refractivity contribution in [2.75, 3.05) is 20.3 Å².